The topological polar surface area (TPSA) is 60.2 Å². The molecule has 4 nitrogen and oxygen atoms in total. The first-order valence-electron chi connectivity index (χ1n) is 3.24. The summed E-state index contributed by atoms with van der Waals surface area (Å²) < 4.78 is 21.9. The van der Waals surface area contributed by atoms with Gasteiger partial charge in [0.2, 0.25) is 5.69 Å². The molecule has 0 atom stereocenters. The zero-order chi connectivity index (χ0) is 10.1. The monoisotopic (exact) mass is 219 g/mol. The van der Waals surface area contributed by atoms with Crippen molar-refractivity contribution in [2.75, 3.05) is 0 Å². The van der Waals surface area contributed by atoms with Gasteiger partial charge in [-0.25, -0.2) is 8.42 Å². The highest BCUT2D eigenvalue weighted by molar-refractivity contribution is 8.13. The van der Waals surface area contributed by atoms with E-state index in [1.165, 1.54) is 24.3 Å². The third-order valence-corrected chi connectivity index (χ3v) is 2.78. The normalized spacial score (nSPS) is 11.2. The van der Waals surface area contributed by atoms with Crippen LogP contribution in [0.1, 0.15) is 0 Å². The van der Waals surface area contributed by atoms with E-state index in [0.29, 0.717) is 4.74 Å². The maximum atomic E-state index is 10.8. The molecule has 0 saturated carbocycles. The molecule has 0 aliphatic rings. The van der Waals surface area contributed by atoms with Crippen LogP contribution in [0.3, 0.4) is 0 Å². The average molecular weight is 220 g/mol. The number of nitrogens with zero attached hydrogens (tertiary/aromatic N) is 1. The fraction of sp³-hybridized carbons (Fsp3) is 0. The Morgan fingerprint density at radius 1 is 1.31 bits per heavy atom. The SMILES string of the molecule is C=[N+]([O-])c1ccc(S(=O)(=O)Cl)cc1. The van der Waals surface area contributed by atoms with Crippen molar-refractivity contribution in [2.24, 2.45) is 0 Å². The molecule has 0 radical (unpaired) electrons. The minimum atomic E-state index is -3.71. The average Bonchev–Trinajstić information content (AvgIpc) is 2.03. The summed E-state index contributed by atoms with van der Waals surface area (Å²) in [7, 11) is 1.34. The van der Waals surface area contributed by atoms with Crippen molar-refractivity contribution in [3.8, 4) is 0 Å². The van der Waals surface area contributed by atoms with Crippen LogP contribution < -0.4 is 0 Å². The molecule has 6 heteroatoms. The highest BCUT2D eigenvalue weighted by Crippen LogP contribution is 2.18. The number of benzene rings is 1. The van der Waals surface area contributed by atoms with Crippen LogP contribution in [-0.4, -0.2) is 19.9 Å². The van der Waals surface area contributed by atoms with Crippen LogP contribution in [0.2, 0.25) is 0 Å². The lowest BCUT2D eigenvalue weighted by Crippen LogP contribution is -1.92. The van der Waals surface area contributed by atoms with E-state index < -0.39 is 9.05 Å². The first-order valence-corrected chi connectivity index (χ1v) is 5.54. The van der Waals surface area contributed by atoms with Crippen LogP contribution >= 0.6 is 10.7 Å². The summed E-state index contributed by atoms with van der Waals surface area (Å²) in [6.45, 7) is 3.10. The number of hydrogen-bond donors (Lipinski definition) is 0. The maximum absolute atomic E-state index is 10.8. The molecule has 0 amide bonds. The Morgan fingerprint density at radius 2 is 1.77 bits per heavy atom. The van der Waals surface area contributed by atoms with Crippen molar-refractivity contribution in [3.05, 3.63) is 29.5 Å². The van der Waals surface area contributed by atoms with E-state index in [1.807, 2.05) is 0 Å². The van der Waals surface area contributed by atoms with E-state index in [2.05, 4.69) is 6.72 Å². The second kappa shape index (κ2) is 3.35. The Bertz CT molecular complexity index is 424. The van der Waals surface area contributed by atoms with Gasteiger partial charge < -0.3 is 5.21 Å². The number of hydrogen-bond acceptors (Lipinski definition) is 3. The number of rotatable bonds is 2. The van der Waals surface area contributed by atoms with E-state index in [0.717, 1.165) is 0 Å². The third kappa shape index (κ3) is 2.43. The molecule has 0 fully saturated rings. The Balaban J connectivity index is 3.16. The lowest BCUT2D eigenvalue weighted by atomic mass is 10.3. The first-order chi connectivity index (χ1) is 5.91. The molecule has 0 unspecified atom stereocenters. The van der Waals surface area contributed by atoms with E-state index in [-0.39, 0.29) is 10.6 Å². The third-order valence-electron chi connectivity index (χ3n) is 1.41. The second-order valence-electron chi connectivity index (χ2n) is 2.31. The quantitative estimate of drug-likeness (QED) is 0.249. The van der Waals surface area contributed by atoms with Crippen molar-refractivity contribution in [3.63, 3.8) is 0 Å². The van der Waals surface area contributed by atoms with Gasteiger partial charge in [-0.2, -0.15) is 4.74 Å². The van der Waals surface area contributed by atoms with Gasteiger partial charge in [-0.3, -0.25) is 0 Å². The van der Waals surface area contributed by atoms with Crippen LogP contribution in [0.25, 0.3) is 0 Å². The summed E-state index contributed by atoms with van der Waals surface area (Å²) in [4.78, 5) is -0.0419. The van der Waals surface area contributed by atoms with Crippen LogP contribution in [0.5, 0.6) is 0 Å². The Morgan fingerprint density at radius 3 is 2.08 bits per heavy atom. The lowest BCUT2D eigenvalue weighted by Gasteiger charge is -2.00. The van der Waals surface area contributed by atoms with E-state index in [1.54, 1.807) is 0 Å². The van der Waals surface area contributed by atoms with Gasteiger partial charge in [0.05, 0.1) is 4.90 Å². The van der Waals surface area contributed by atoms with E-state index >= 15 is 0 Å². The van der Waals surface area contributed by atoms with Gasteiger partial charge in [-0.15, -0.1) is 0 Å². The molecule has 0 aromatic heterocycles. The van der Waals surface area contributed by atoms with Crippen molar-refractivity contribution < 1.29 is 13.2 Å². The van der Waals surface area contributed by atoms with Crippen molar-refractivity contribution >= 4 is 32.1 Å². The van der Waals surface area contributed by atoms with Gasteiger partial charge in [0.1, 0.15) is 6.72 Å². The van der Waals surface area contributed by atoms with Gasteiger partial charge in [0.15, 0.2) is 0 Å². The maximum Gasteiger partial charge on any atom is 0.261 e. The van der Waals surface area contributed by atoms with Gasteiger partial charge >= 0.3 is 0 Å². The molecular formula is C7H6ClNO3S. The number of halogens is 1. The van der Waals surface area contributed by atoms with Crippen molar-refractivity contribution in [1.29, 1.82) is 0 Å². The summed E-state index contributed by atoms with van der Waals surface area (Å²) in [6, 6.07) is 5.14. The van der Waals surface area contributed by atoms with Gasteiger partial charge in [0.25, 0.3) is 9.05 Å². The Labute approximate surface area is 80.1 Å². The molecule has 0 bridgehead atoms. The highest BCUT2D eigenvalue weighted by atomic mass is 35.7. The minimum Gasteiger partial charge on any atom is -0.619 e. The predicted molar refractivity (Wildman–Crippen MR) is 49.9 cm³/mol. The Kier molecular flexibility index (Phi) is 2.58. The zero-order valence-corrected chi connectivity index (χ0v) is 8.05. The molecular weight excluding hydrogens is 214 g/mol. The molecule has 70 valence electrons. The van der Waals surface area contributed by atoms with Crippen LogP contribution in [0, 0.1) is 5.21 Å². The molecule has 1 aromatic carbocycles. The van der Waals surface area contributed by atoms with E-state index in [9.17, 15) is 13.6 Å². The van der Waals surface area contributed by atoms with Crippen LogP contribution in [-0.2, 0) is 9.05 Å². The first kappa shape index (κ1) is 10.0. The summed E-state index contributed by atoms with van der Waals surface area (Å²) >= 11 is 0. The van der Waals surface area contributed by atoms with E-state index in [4.69, 9.17) is 10.7 Å². The fourth-order valence-electron chi connectivity index (χ4n) is 0.775. The largest absolute Gasteiger partial charge is 0.619 e. The Hall–Kier alpha value is -1.07. The molecule has 1 aromatic rings. The smallest absolute Gasteiger partial charge is 0.261 e. The zero-order valence-electron chi connectivity index (χ0n) is 6.47. The summed E-state index contributed by atoms with van der Waals surface area (Å²) in [6.07, 6.45) is 0. The molecule has 1 rings (SSSR count). The summed E-state index contributed by atoms with van der Waals surface area (Å²) in [5.41, 5.74) is 0.268. The van der Waals surface area contributed by atoms with Crippen molar-refractivity contribution in [1.82, 2.24) is 0 Å². The summed E-state index contributed by atoms with van der Waals surface area (Å²) in [5, 5.41) is 10.6. The van der Waals surface area contributed by atoms with Crippen molar-refractivity contribution in [2.45, 2.75) is 4.90 Å². The molecule has 0 aliphatic heterocycles. The second-order valence-corrected chi connectivity index (χ2v) is 4.88. The minimum absolute atomic E-state index is 0.0419. The predicted octanol–water partition coefficient (Wildman–Crippen LogP) is 1.46. The summed E-state index contributed by atoms with van der Waals surface area (Å²) in [5.74, 6) is 0. The van der Waals surface area contributed by atoms with Gasteiger partial charge in [0, 0.05) is 22.8 Å². The molecule has 0 saturated heterocycles. The van der Waals surface area contributed by atoms with Gasteiger partial charge in [-0.05, 0) is 12.1 Å². The van der Waals surface area contributed by atoms with Gasteiger partial charge in [-0.1, -0.05) is 0 Å². The highest BCUT2D eigenvalue weighted by Gasteiger charge is 2.10. The molecule has 0 N–H and O–H groups in total. The molecule has 0 aliphatic carbocycles. The fourth-order valence-corrected chi connectivity index (χ4v) is 1.54. The van der Waals surface area contributed by atoms with Crippen LogP contribution in [0.15, 0.2) is 29.2 Å². The molecule has 13 heavy (non-hydrogen) atoms. The van der Waals surface area contributed by atoms with Crippen LogP contribution in [0.4, 0.5) is 5.69 Å². The lowest BCUT2D eigenvalue weighted by molar-refractivity contribution is -0.349. The standard InChI is InChI=1S/C7H6ClNO3S/c1-9(10)6-2-4-7(5-3-6)13(8,11)12/h2-5H,1H2. The molecule has 0 spiro atoms. The molecule has 0 heterocycles.